The maximum Gasteiger partial charge on any atom is 0.0942 e. The fraction of sp³-hybridized carbons (Fsp3) is 0.231. The number of aliphatic hydroxyl groups is 1. The molecule has 4 rings (SSSR count). The summed E-state index contributed by atoms with van der Waals surface area (Å²) in [5.41, 5.74) is 4.78. The van der Waals surface area contributed by atoms with E-state index in [1.165, 1.54) is 22.0 Å². The fourth-order valence-corrected chi connectivity index (χ4v) is 3.94. The molecular formula is C26H28N2O. The van der Waals surface area contributed by atoms with Crippen molar-refractivity contribution in [3.8, 4) is 0 Å². The molecule has 0 bridgehead atoms. The van der Waals surface area contributed by atoms with E-state index < -0.39 is 6.10 Å². The van der Waals surface area contributed by atoms with Gasteiger partial charge in [-0.2, -0.15) is 0 Å². The summed E-state index contributed by atoms with van der Waals surface area (Å²) < 4.78 is 2.33. The Hall–Kier alpha value is -2.88. The number of aliphatic hydroxyl groups excluding tert-OH is 1. The molecule has 0 radical (unpaired) electrons. The van der Waals surface area contributed by atoms with Crippen LogP contribution >= 0.6 is 0 Å². The van der Waals surface area contributed by atoms with Crippen molar-refractivity contribution in [3.05, 3.63) is 108 Å². The summed E-state index contributed by atoms with van der Waals surface area (Å²) >= 11 is 0. The first-order valence-electron chi connectivity index (χ1n) is 10.2. The Morgan fingerprint density at radius 2 is 1.48 bits per heavy atom. The van der Waals surface area contributed by atoms with E-state index in [1.54, 1.807) is 0 Å². The molecule has 3 aromatic carbocycles. The highest BCUT2D eigenvalue weighted by Crippen LogP contribution is 2.26. The van der Waals surface area contributed by atoms with Crippen LogP contribution in [0.5, 0.6) is 0 Å². The molecule has 2 atom stereocenters. The lowest BCUT2D eigenvalue weighted by molar-refractivity contribution is 0.0690. The first-order valence-corrected chi connectivity index (χ1v) is 10.2. The third-order valence-electron chi connectivity index (χ3n) is 5.78. The van der Waals surface area contributed by atoms with Gasteiger partial charge in [-0.25, -0.2) is 0 Å². The van der Waals surface area contributed by atoms with Crippen LogP contribution in [0.15, 0.2) is 91.1 Å². The predicted molar refractivity (Wildman–Crippen MR) is 120 cm³/mol. The molecule has 0 aliphatic rings. The Morgan fingerprint density at radius 3 is 2.21 bits per heavy atom. The van der Waals surface area contributed by atoms with Crippen molar-refractivity contribution in [1.82, 2.24) is 9.47 Å². The zero-order valence-electron chi connectivity index (χ0n) is 17.1. The van der Waals surface area contributed by atoms with E-state index in [4.69, 9.17) is 0 Å². The summed E-state index contributed by atoms with van der Waals surface area (Å²) in [4.78, 5) is 2.23. The highest BCUT2D eigenvalue weighted by molar-refractivity contribution is 5.84. The Kier molecular flexibility index (Phi) is 5.79. The average molecular weight is 385 g/mol. The number of rotatable bonds is 7. The predicted octanol–water partition coefficient (Wildman–Crippen LogP) is 5.24. The van der Waals surface area contributed by atoms with Gasteiger partial charge >= 0.3 is 0 Å². The zero-order valence-corrected chi connectivity index (χ0v) is 17.1. The molecule has 0 fully saturated rings. The summed E-state index contributed by atoms with van der Waals surface area (Å²) in [6.07, 6.45) is 1.74. The highest BCUT2D eigenvalue weighted by Gasteiger charge is 2.21. The largest absolute Gasteiger partial charge is 0.387 e. The molecule has 29 heavy (non-hydrogen) atoms. The normalized spacial score (nSPS) is 13.7. The number of aromatic nitrogens is 1. The van der Waals surface area contributed by atoms with Gasteiger partial charge < -0.3 is 9.67 Å². The number of benzene rings is 3. The zero-order chi connectivity index (χ0) is 20.2. The smallest absolute Gasteiger partial charge is 0.0942 e. The van der Waals surface area contributed by atoms with Crippen molar-refractivity contribution >= 4 is 10.9 Å². The summed E-state index contributed by atoms with van der Waals surface area (Å²) in [5, 5.41) is 12.1. The first kappa shape index (κ1) is 19.4. The van der Waals surface area contributed by atoms with E-state index in [2.05, 4.69) is 84.2 Å². The third kappa shape index (κ3) is 4.26. The second kappa shape index (κ2) is 8.64. The van der Waals surface area contributed by atoms with Gasteiger partial charge in [0.15, 0.2) is 0 Å². The van der Waals surface area contributed by atoms with Crippen LogP contribution < -0.4 is 0 Å². The number of likely N-dealkylation sites (N-methyl/N-ethyl adjacent to an activating group) is 1. The second-order valence-electron chi connectivity index (χ2n) is 7.80. The molecule has 0 saturated carbocycles. The van der Waals surface area contributed by atoms with Crippen molar-refractivity contribution in [3.63, 3.8) is 0 Å². The van der Waals surface area contributed by atoms with E-state index in [0.29, 0.717) is 0 Å². The maximum absolute atomic E-state index is 10.8. The van der Waals surface area contributed by atoms with Crippen molar-refractivity contribution in [2.45, 2.75) is 32.2 Å². The van der Waals surface area contributed by atoms with Crippen molar-refractivity contribution in [2.75, 3.05) is 7.05 Å². The van der Waals surface area contributed by atoms with E-state index in [0.717, 1.165) is 18.7 Å². The molecule has 0 aliphatic carbocycles. The lowest BCUT2D eigenvalue weighted by atomic mass is 10.0. The van der Waals surface area contributed by atoms with Gasteiger partial charge in [0, 0.05) is 36.2 Å². The van der Waals surface area contributed by atoms with Gasteiger partial charge in [0.05, 0.1) is 6.10 Å². The van der Waals surface area contributed by atoms with E-state index in [9.17, 15) is 5.11 Å². The van der Waals surface area contributed by atoms with Crippen LogP contribution in [-0.2, 0) is 13.1 Å². The van der Waals surface area contributed by atoms with Crippen LogP contribution in [0.25, 0.3) is 10.9 Å². The van der Waals surface area contributed by atoms with Crippen LogP contribution in [0.4, 0.5) is 0 Å². The molecular weight excluding hydrogens is 356 g/mol. The minimum atomic E-state index is -0.515. The third-order valence-corrected chi connectivity index (χ3v) is 5.78. The van der Waals surface area contributed by atoms with E-state index >= 15 is 0 Å². The van der Waals surface area contributed by atoms with Crippen molar-refractivity contribution in [2.24, 2.45) is 0 Å². The molecule has 3 heteroatoms. The summed E-state index contributed by atoms with van der Waals surface area (Å²) in [5.74, 6) is 0. The monoisotopic (exact) mass is 384 g/mol. The molecule has 0 amide bonds. The van der Waals surface area contributed by atoms with Crippen LogP contribution in [0.3, 0.4) is 0 Å². The van der Waals surface area contributed by atoms with Crippen molar-refractivity contribution in [1.29, 1.82) is 0 Å². The molecule has 1 aromatic heterocycles. The Labute approximate surface area is 172 Å². The van der Waals surface area contributed by atoms with Crippen molar-refractivity contribution < 1.29 is 5.11 Å². The number of hydrogen-bond donors (Lipinski definition) is 1. The fourth-order valence-electron chi connectivity index (χ4n) is 3.94. The standard InChI is InChI=1S/C26H28N2O/c1-20(26(29)22-13-7-4-8-14-22)27(2)18-23-19-28(17-21-11-5-3-6-12-21)25-16-10-9-15-24(23)25/h3-16,19-20,26,29H,17-18H2,1-2H3/t20-,26+/m1/s1. The molecule has 1 N–H and O–H groups in total. The van der Waals surface area contributed by atoms with Gasteiger partial charge in [0.1, 0.15) is 0 Å². The van der Waals surface area contributed by atoms with E-state index in [1.807, 2.05) is 30.3 Å². The molecule has 0 unspecified atom stereocenters. The molecule has 4 aromatic rings. The minimum absolute atomic E-state index is 0.00800. The molecule has 1 heterocycles. The summed E-state index contributed by atoms with van der Waals surface area (Å²) in [6.45, 7) is 3.72. The number of para-hydroxylation sites is 1. The first-order chi connectivity index (χ1) is 14.1. The average Bonchev–Trinajstić information content (AvgIpc) is 3.11. The van der Waals surface area contributed by atoms with Gasteiger partial charge in [0.2, 0.25) is 0 Å². The Balaban J connectivity index is 1.57. The number of hydrogen-bond acceptors (Lipinski definition) is 2. The van der Waals surface area contributed by atoms with E-state index in [-0.39, 0.29) is 6.04 Å². The summed E-state index contributed by atoms with van der Waals surface area (Å²) in [7, 11) is 2.08. The second-order valence-corrected chi connectivity index (χ2v) is 7.80. The van der Waals surface area contributed by atoms with Gasteiger partial charge in [-0.1, -0.05) is 78.9 Å². The lowest BCUT2D eigenvalue weighted by Crippen LogP contribution is -2.33. The van der Waals surface area contributed by atoms with Crippen LogP contribution in [-0.4, -0.2) is 27.7 Å². The molecule has 3 nitrogen and oxygen atoms in total. The van der Waals surface area contributed by atoms with Gasteiger partial charge in [-0.15, -0.1) is 0 Å². The number of fused-ring (bicyclic) bond motifs is 1. The molecule has 0 spiro atoms. The van der Waals surface area contributed by atoms with Gasteiger partial charge in [-0.3, -0.25) is 4.90 Å². The lowest BCUT2D eigenvalue weighted by Gasteiger charge is -2.29. The topological polar surface area (TPSA) is 28.4 Å². The summed E-state index contributed by atoms with van der Waals surface area (Å²) in [6, 6.07) is 29.0. The number of nitrogens with zero attached hydrogens (tertiary/aromatic N) is 2. The quantitative estimate of drug-likeness (QED) is 0.472. The van der Waals surface area contributed by atoms with Gasteiger partial charge in [-0.05, 0) is 36.7 Å². The Bertz CT molecular complexity index is 1060. The van der Waals surface area contributed by atoms with Crippen LogP contribution in [0, 0.1) is 0 Å². The van der Waals surface area contributed by atoms with Gasteiger partial charge in [0.25, 0.3) is 0 Å². The van der Waals surface area contributed by atoms with Crippen LogP contribution in [0.1, 0.15) is 29.7 Å². The molecule has 0 aliphatic heterocycles. The molecule has 148 valence electrons. The Morgan fingerprint density at radius 1 is 0.862 bits per heavy atom. The molecule has 0 saturated heterocycles. The highest BCUT2D eigenvalue weighted by atomic mass is 16.3. The maximum atomic E-state index is 10.8. The SMILES string of the molecule is C[C@H]([C@H](O)c1ccccc1)N(C)Cc1cn(Cc2ccccc2)c2ccccc12. The van der Waals surface area contributed by atoms with Crippen LogP contribution in [0.2, 0.25) is 0 Å². The minimum Gasteiger partial charge on any atom is -0.387 e.